The van der Waals surface area contributed by atoms with Crippen molar-refractivity contribution in [3.05, 3.63) is 42.1 Å². The quantitative estimate of drug-likeness (QED) is 0.632. The zero-order chi connectivity index (χ0) is 20.1. The first-order chi connectivity index (χ1) is 14.2. The molecular weight excluding hydrogens is 362 g/mol. The maximum Gasteiger partial charge on any atom is 0.227 e. The minimum atomic E-state index is 0.513. The highest BCUT2D eigenvalue weighted by Gasteiger charge is 2.49. The van der Waals surface area contributed by atoms with Crippen LogP contribution >= 0.6 is 0 Å². The number of hydrogen-bond donors (Lipinski definition) is 2. The Kier molecular flexibility index (Phi) is 6.19. The molecule has 3 N–H and O–H groups in total. The summed E-state index contributed by atoms with van der Waals surface area (Å²) < 4.78 is 5.27. The number of methoxy groups -OCH3 is 1. The van der Waals surface area contributed by atoms with E-state index in [4.69, 9.17) is 10.5 Å². The third-order valence-electron chi connectivity index (χ3n) is 6.66. The second kappa shape index (κ2) is 8.99. The summed E-state index contributed by atoms with van der Waals surface area (Å²) in [5, 5.41) is 3.60. The van der Waals surface area contributed by atoms with Crippen molar-refractivity contribution in [2.75, 3.05) is 37.4 Å². The third kappa shape index (κ3) is 4.99. The van der Waals surface area contributed by atoms with Crippen molar-refractivity contribution in [3.63, 3.8) is 0 Å². The lowest BCUT2D eigenvalue weighted by Gasteiger charge is -2.32. The lowest BCUT2D eigenvalue weighted by atomic mass is 9.80. The zero-order valence-corrected chi connectivity index (χ0v) is 17.4. The molecule has 1 saturated carbocycles. The van der Waals surface area contributed by atoms with E-state index in [9.17, 15) is 0 Å². The number of ether oxygens (including phenoxy) is 1. The first kappa shape index (κ1) is 20.0. The molecule has 29 heavy (non-hydrogen) atoms. The molecule has 1 saturated heterocycles. The molecule has 1 spiro atoms. The zero-order valence-electron chi connectivity index (χ0n) is 17.4. The molecule has 2 aromatic rings. The van der Waals surface area contributed by atoms with Crippen LogP contribution in [0.4, 0.5) is 11.8 Å². The minimum Gasteiger partial charge on any atom is -0.497 e. The number of aromatic nitrogens is 2. The van der Waals surface area contributed by atoms with E-state index in [0.717, 1.165) is 31.2 Å². The lowest BCUT2D eigenvalue weighted by molar-refractivity contribution is 0.213. The van der Waals surface area contributed by atoms with Gasteiger partial charge >= 0.3 is 0 Å². The van der Waals surface area contributed by atoms with Gasteiger partial charge in [-0.1, -0.05) is 18.6 Å². The highest BCUT2D eigenvalue weighted by atomic mass is 16.5. The number of nitrogens with one attached hydrogen (secondary N) is 1. The summed E-state index contributed by atoms with van der Waals surface area (Å²) in [5.41, 5.74) is 7.81. The Hall–Kier alpha value is -2.34. The maximum atomic E-state index is 5.92. The maximum absolute atomic E-state index is 5.92. The Bertz CT molecular complexity index is 790. The van der Waals surface area contributed by atoms with E-state index < -0.39 is 0 Å². The molecule has 1 unspecified atom stereocenters. The van der Waals surface area contributed by atoms with Gasteiger partial charge in [-0.15, -0.1) is 0 Å². The van der Waals surface area contributed by atoms with Crippen LogP contribution in [0, 0.1) is 11.3 Å². The number of benzene rings is 1. The van der Waals surface area contributed by atoms with Crippen molar-refractivity contribution in [1.29, 1.82) is 0 Å². The fraction of sp³-hybridized carbons (Fsp3) is 0.565. The van der Waals surface area contributed by atoms with Crippen molar-refractivity contribution >= 4 is 11.8 Å². The van der Waals surface area contributed by atoms with Gasteiger partial charge in [-0.2, -0.15) is 4.98 Å². The van der Waals surface area contributed by atoms with Gasteiger partial charge in [-0.25, -0.2) is 4.98 Å². The number of nitrogen functional groups attached to an aromatic ring is 1. The molecule has 6 nitrogen and oxygen atoms in total. The van der Waals surface area contributed by atoms with Crippen LogP contribution in [0.2, 0.25) is 0 Å². The van der Waals surface area contributed by atoms with Gasteiger partial charge in [-0.05, 0) is 80.3 Å². The Balaban J connectivity index is 1.35. The van der Waals surface area contributed by atoms with Gasteiger partial charge in [0, 0.05) is 19.3 Å². The molecule has 4 rings (SSSR count). The van der Waals surface area contributed by atoms with Crippen molar-refractivity contribution < 1.29 is 4.74 Å². The Morgan fingerprint density at radius 1 is 1.17 bits per heavy atom. The van der Waals surface area contributed by atoms with Gasteiger partial charge < -0.3 is 20.7 Å². The molecule has 2 aliphatic rings. The molecule has 6 heteroatoms. The van der Waals surface area contributed by atoms with Gasteiger partial charge in [0.25, 0.3) is 0 Å². The van der Waals surface area contributed by atoms with Crippen LogP contribution in [-0.2, 0) is 6.54 Å². The summed E-state index contributed by atoms with van der Waals surface area (Å²) in [6.07, 6.45) is 9.71. The number of unbranched alkanes of at least 4 members (excludes halogenated alkanes) is 1. The van der Waals surface area contributed by atoms with Gasteiger partial charge in [0.2, 0.25) is 5.95 Å². The van der Waals surface area contributed by atoms with E-state index in [2.05, 4.69) is 32.3 Å². The fourth-order valence-electron chi connectivity index (χ4n) is 4.67. The van der Waals surface area contributed by atoms with E-state index >= 15 is 0 Å². The molecule has 1 aliphatic carbocycles. The summed E-state index contributed by atoms with van der Waals surface area (Å²) in [6.45, 7) is 4.11. The summed E-state index contributed by atoms with van der Waals surface area (Å²) >= 11 is 0. The van der Waals surface area contributed by atoms with Crippen LogP contribution < -0.4 is 20.7 Å². The van der Waals surface area contributed by atoms with Gasteiger partial charge in [0.1, 0.15) is 11.6 Å². The van der Waals surface area contributed by atoms with Crippen molar-refractivity contribution in [3.8, 4) is 5.75 Å². The fourth-order valence-corrected chi connectivity index (χ4v) is 4.67. The highest BCUT2D eigenvalue weighted by Crippen LogP contribution is 2.57. The standard InChI is InChI=1S/C23H33N5O/c1-29-20-7-5-18(6-8-20)17-28(22-26-13-9-21(24)27-22)15-3-2-4-19-16-25-14-12-23(19)10-11-23/h5-9,13,19,25H,2-4,10-12,14-17H2,1H3,(H2,24,26,27). The molecule has 156 valence electrons. The van der Waals surface area contributed by atoms with Crippen molar-refractivity contribution in [2.45, 2.75) is 45.1 Å². The first-order valence-corrected chi connectivity index (χ1v) is 10.9. The normalized spacial score (nSPS) is 19.8. The van der Waals surface area contributed by atoms with Crippen LogP contribution in [0.3, 0.4) is 0 Å². The molecule has 0 amide bonds. The SMILES string of the molecule is COc1ccc(CN(CCCCC2CNCCC23CC3)c2nccc(N)n2)cc1. The van der Waals surface area contributed by atoms with Gasteiger partial charge in [0.05, 0.1) is 7.11 Å². The van der Waals surface area contributed by atoms with E-state index in [0.29, 0.717) is 17.2 Å². The van der Waals surface area contributed by atoms with E-state index in [1.807, 2.05) is 12.1 Å². The highest BCUT2D eigenvalue weighted by molar-refractivity contribution is 5.39. The molecule has 0 bridgehead atoms. The predicted octanol–water partition coefficient (Wildman–Crippen LogP) is 3.63. The molecule has 1 atom stereocenters. The molecule has 1 aromatic heterocycles. The third-order valence-corrected chi connectivity index (χ3v) is 6.66. The summed E-state index contributed by atoms with van der Waals surface area (Å²) in [6, 6.07) is 9.93. The van der Waals surface area contributed by atoms with E-state index in [-0.39, 0.29) is 0 Å². The number of piperidine rings is 1. The summed E-state index contributed by atoms with van der Waals surface area (Å²) in [4.78, 5) is 11.2. The van der Waals surface area contributed by atoms with Crippen LogP contribution in [0.1, 0.15) is 44.1 Å². The van der Waals surface area contributed by atoms with Crippen LogP contribution in [0.5, 0.6) is 5.75 Å². The van der Waals surface area contributed by atoms with Crippen LogP contribution in [-0.4, -0.2) is 36.7 Å². The molecule has 2 heterocycles. The number of rotatable bonds is 9. The number of hydrogen-bond acceptors (Lipinski definition) is 6. The van der Waals surface area contributed by atoms with Crippen molar-refractivity contribution in [2.24, 2.45) is 11.3 Å². The second-order valence-electron chi connectivity index (χ2n) is 8.56. The minimum absolute atomic E-state index is 0.513. The second-order valence-corrected chi connectivity index (χ2v) is 8.56. The smallest absolute Gasteiger partial charge is 0.227 e. The van der Waals surface area contributed by atoms with Gasteiger partial charge in [-0.3, -0.25) is 0 Å². The Morgan fingerprint density at radius 2 is 2.00 bits per heavy atom. The Morgan fingerprint density at radius 3 is 2.72 bits per heavy atom. The number of nitrogens with zero attached hydrogens (tertiary/aromatic N) is 3. The summed E-state index contributed by atoms with van der Waals surface area (Å²) in [7, 11) is 1.69. The Labute approximate surface area is 173 Å². The number of anilines is 2. The molecule has 2 fully saturated rings. The average molecular weight is 396 g/mol. The van der Waals surface area contributed by atoms with Crippen LogP contribution in [0.25, 0.3) is 0 Å². The van der Waals surface area contributed by atoms with Crippen molar-refractivity contribution in [1.82, 2.24) is 15.3 Å². The topological polar surface area (TPSA) is 76.3 Å². The van der Waals surface area contributed by atoms with E-state index in [1.54, 1.807) is 19.4 Å². The monoisotopic (exact) mass is 395 g/mol. The summed E-state index contributed by atoms with van der Waals surface area (Å²) in [5.74, 6) is 2.95. The van der Waals surface area contributed by atoms with E-state index in [1.165, 1.54) is 50.8 Å². The van der Waals surface area contributed by atoms with Gasteiger partial charge in [0.15, 0.2) is 0 Å². The molecule has 1 aromatic carbocycles. The largest absolute Gasteiger partial charge is 0.497 e. The molecule has 0 radical (unpaired) electrons. The molecule has 1 aliphatic heterocycles. The number of nitrogens with two attached hydrogens (primary N) is 1. The predicted molar refractivity (Wildman–Crippen MR) is 117 cm³/mol. The van der Waals surface area contributed by atoms with Crippen LogP contribution in [0.15, 0.2) is 36.5 Å². The molecular formula is C23H33N5O. The average Bonchev–Trinajstić information content (AvgIpc) is 3.52. The lowest BCUT2D eigenvalue weighted by Crippen LogP contribution is -2.37. The first-order valence-electron chi connectivity index (χ1n) is 10.9.